The molecular formula is C48H57BrF2N9O4P. The lowest BCUT2D eigenvalue weighted by molar-refractivity contribution is -0.134. The highest BCUT2D eigenvalue weighted by Gasteiger charge is 2.33. The van der Waals surface area contributed by atoms with Gasteiger partial charge in [-0.1, -0.05) is 13.0 Å². The number of fused-ring (bicyclic) bond motifs is 1. The third-order valence-corrected chi connectivity index (χ3v) is 14.9. The summed E-state index contributed by atoms with van der Waals surface area (Å²) in [6.07, 6.45) is 5.26. The third kappa shape index (κ3) is 10.5. The molecule has 2 aromatic heterocycles. The van der Waals surface area contributed by atoms with Crippen LogP contribution in [0.1, 0.15) is 67.8 Å². The highest BCUT2D eigenvalue weighted by Crippen LogP contribution is 2.42. The van der Waals surface area contributed by atoms with Gasteiger partial charge in [0.15, 0.2) is 0 Å². The van der Waals surface area contributed by atoms with Crippen molar-refractivity contribution in [2.45, 2.75) is 71.3 Å². The van der Waals surface area contributed by atoms with E-state index in [0.717, 1.165) is 86.1 Å². The van der Waals surface area contributed by atoms with Crippen LogP contribution in [0.15, 0.2) is 59.2 Å². The van der Waals surface area contributed by atoms with Gasteiger partial charge in [-0.15, -0.1) is 0 Å². The Hall–Kier alpha value is -5.02. The monoisotopic (exact) mass is 971 g/mol. The third-order valence-electron chi connectivity index (χ3n) is 12.8. The number of carbonyl (C=O) groups excluding carboxylic acids is 2. The van der Waals surface area contributed by atoms with Crippen molar-refractivity contribution in [2.75, 3.05) is 81.3 Å². The Labute approximate surface area is 387 Å². The number of aryl methyl sites for hydroxylation is 2. The maximum atomic E-state index is 15.1. The fraction of sp³-hybridized carbons (Fsp3) is 0.438. The summed E-state index contributed by atoms with van der Waals surface area (Å²) in [5.41, 5.74) is 5.82. The molecule has 0 aliphatic carbocycles. The van der Waals surface area contributed by atoms with Crippen LogP contribution in [-0.2, 0) is 27.0 Å². The zero-order chi connectivity index (χ0) is 46.0. The van der Waals surface area contributed by atoms with Crippen molar-refractivity contribution in [1.29, 1.82) is 0 Å². The summed E-state index contributed by atoms with van der Waals surface area (Å²) in [7, 11) is -2.74. The van der Waals surface area contributed by atoms with Crippen LogP contribution in [0.3, 0.4) is 0 Å². The van der Waals surface area contributed by atoms with Crippen molar-refractivity contribution in [2.24, 2.45) is 0 Å². The van der Waals surface area contributed by atoms with E-state index in [1.54, 1.807) is 19.5 Å². The lowest BCUT2D eigenvalue weighted by atomic mass is 9.89. The van der Waals surface area contributed by atoms with Crippen LogP contribution in [0.4, 0.5) is 37.6 Å². The second-order valence-electron chi connectivity index (χ2n) is 17.6. The van der Waals surface area contributed by atoms with E-state index in [0.29, 0.717) is 58.9 Å². The largest absolute Gasteiger partial charge is 0.492 e. The van der Waals surface area contributed by atoms with Gasteiger partial charge in [-0.25, -0.2) is 13.8 Å². The Morgan fingerprint density at radius 2 is 1.65 bits per heavy atom. The first kappa shape index (κ1) is 46.5. The summed E-state index contributed by atoms with van der Waals surface area (Å²) in [5.74, 6) is -1.90. The molecule has 3 aliphatic heterocycles. The van der Waals surface area contributed by atoms with Gasteiger partial charge in [-0.2, -0.15) is 4.98 Å². The summed E-state index contributed by atoms with van der Waals surface area (Å²) < 4.78 is 50.8. The Morgan fingerprint density at radius 3 is 2.32 bits per heavy atom. The molecule has 8 rings (SSSR count). The minimum absolute atomic E-state index is 0.0645. The van der Waals surface area contributed by atoms with E-state index in [-0.39, 0.29) is 18.4 Å². The fourth-order valence-corrected chi connectivity index (χ4v) is 11.3. The Morgan fingerprint density at radius 1 is 0.908 bits per heavy atom. The van der Waals surface area contributed by atoms with Gasteiger partial charge < -0.3 is 29.7 Å². The predicted octanol–water partition coefficient (Wildman–Crippen LogP) is 8.42. The molecule has 3 saturated heterocycles. The normalized spacial score (nSPS) is 18.0. The fourth-order valence-electron chi connectivity index (χ4n) is 9.49. The van der Waals surface area contributed by atoms with Crippen LogP contribution in [0.2, 0.25) is 0 Å². The molecule has 3 fully saturated rings. The van der Waals surface area contributed by atoms with Crippen LogP contribution in [0, 0.1) is 18.6 Å². The van der Waals surface area contributed by atoms with Gasteiger partial charge in [0, 0.05) is 98.2 Å². The summed E-state index contributed by atoms with van der Waals surface area (Å²) in [6, 6.07) is 15.2. The van der Waals surface area contributed by atoms with Crippen molar-refractivity contribution < 1.29 is 27.7 Å². The maximum absolute atomic E-state index is 15.1. The van der Waals surface area contributed by atoms with Crippen molar-refractivity contribution in [3.63, 3.8) is 0 Å². The Kier molecular flexibility index (Phi) is 14.2. The molecule has 5 heterocycles. The highest BCUT2D eigenvalue weighted by molar-refractivity contribution is 9.10. The molecule has 2 amide bonds. The number of hydrogen-bond acceptors (Lipinski definition) is 12. The number of ether oxygens (including phenoxy) is 1. The standard InChI is InChI=1S/C48H57BrF2N9O4P/c1-6-31-26-40(55-48-52-28-35(49)46(57-48)54-39-12-11-38-33(9-8-29(3)53-38)45(39)65(4,5)63)42(64-7-2)27-41(31)60-18-15-32(16-19-60)59-22-20-58(21-23-59)17-14-30-24-36(50)44(37(51)25-30)34-10-13-43(61)56-47(34)62/h8-9,11-12,24-28,32,34H,6-7,10,13-23H2,1-5H3,(H,56,61,62)(H2,52,54,55,57). The number of halogens is 3. The SMILES string of the molecule is CCOc1cc(N2CCC(N3CCN(CCc4cc(F)c(C5CCC(=O)NC5=O)c(F)c4)CC3)CC2)c(CC)cc1Nc1ncc(Br)c(Nc2ccc3nc(C)ccc3c2P(C)(C)=O)n1. The van der Waals surface area contributed by atoms with Crippen LogP contribution < -0.4 is 30.9 Å². The molecule has 0 spiro atoms. The Bertz CT molecular complexity index is 2630. The molecule has 17 heteroatoms. The number of nitrogens with zero attached hydrogens (tertiary/aromatic N) is 6. The van der Waals surface area contributed by atoms with Gasteiger partial charge in [0.2, 0.25) is 17.8 Å². The summed E-state index contributed by atoms with van der Waals surface area (Å²) in [4.78, 5) is 45.3. The first-order valence-electron chi connectivity index (χ1n) is 22.5. The minimum Gasteiger partial charge on any atom is -0.492 e. The van der Waals surface area contributed by atoms with Gasteiger partial charge in [0.25, 0.3) is 0 Å². The number of aromatic nitrogens is 3. The quantitative estimate of drug-likeness (QED) is 0.0726. The molecule has 0 saturated carbocycles. The van der Waals surface area contributed by atoms with Crippen LogP contribution >= 0.6 is 23.1 Å². The number of nitrogens with one attached hydrogen (secondary N) is 3. The van der Waals surface area contributed by atoms with Crippen molar-refractivity contribution >= 4 is 79.9 Å². The summed E-state index contributed by atoms with van der Waals surface area (Å²) in [5, 5.41) is 10.6. The van der Waals surface area contributed by atoms with Gasteiger partial charge in [-0.3, -0.25) is 24.8 Å². The zero-order valence-corrected chi connectivity index (χ0v) is 40.1. The number of piperazine rings is 1. The predicted molar refractivity (Wildman–Crippen MR) is 257 cm³/mol. The zero-order valence-electron chi connectivity index (χ0n) is 37.6. The number of anilines is 5. The smallest absolute Gasteiger partial charge is 0.234 e. The van der Waals surface area contributed by atoms with E-state index in [4.69, 9.17) is 9.72 Å². The second-order valence-corrected chi connectivity index (χ2v) is 21.6. The molecule has 3 N–H and O–H groups in total. The number of amides is 2. The minimum atomic E-state index is -2.74. The van der Waals surface area contributed by atoms with Crippen LogP contribution in [0.5, 0.6) is 5.75 Å². The number of carbonyl (C=O) groups is 2. The summed E-state index contributed by atoms with van der Waals surface area (Å²) in [6.45, 7) is 16.3. The van der Waals surface area contributed by atoms with E-state index in [1.165, 1.54) is 23.4 Å². The van der Waals surface area contributed by atoms with Gasteiger partial charge >= 0.3 is 0 Å². The molecule has 65 heavy (non-hydrogen) atoms. The number of benzene rings is 3. The van der Waals surface area contributed by atoms with Gasteiger partial charge in [0.1, 0.15) is 30.3 Å². The van der Waals surface area contributed by atoms with E-state index in [2.05, 4.69) is 75.6 Å². The van der Waals surface area contributed by atoms with E-state index >= 15 is 8.78 Å². The first-order valence-corrected chi connectivity index (χ1v) is 25.9. The van der Waals surface area contributed by atoms with Crippen LogP contribution in [-0.4, -0.2) is 108 Å². The molecule has 3 aliphatic rings. The molecule has 344 valence electrons. The number of hydrogen-bond donors (Lipinski definition) is 3. The average Bonchev–Trinajstić information content (AvgIpc) is 3.27. The maximum Gasteiger partial charge on any atom is 0.234 e. The highest BCUT2D eigenvalue weighted by atomic mass is 79.9. The van der Waals surface area contributed by atoms with E-state index in [1.807, 2.05) is 38.1 Å². The first-order chi connectivity index (χ1) is 31.2. The lowest BCUT2D eigenvalue weighted by Crippen LogP contribution is -2.53. The molecule has 0 radical (unpaired) electrons. The van der Waals surface area contributed by atoms with Crippen molar-refractivity contribution in [1.82, 2.24) is 30.1 Å². The molecule has 5 aromatic rings. The van der Waals surface area contributed by atoms with Crippen molar-refractivity contribution in [3.8, 4) is 5.75 Å². The topological polar surface area (TPSA) is 145 Å². The lowest BCUT2D eigenvalue weighted by Gasteiger charge is -2.43. The van der Waals surface area contributed by atoms with E-state index in [9.17, 15) is 14.2 Å². The second kappa shape index (κ2) is 19.8. The number of piperidine rings is 2. The molecule has 13 nitrogen and oxygen atoms in total. The molecule has 3 aromatic carbocycles. The van der Waals surface area contributed by atoms with Gasteiger partial charge in [-0.05, 0) is 123 Å². The van der Waals surface area contributed by atoms with E-state index < -0.39 is 36.5 Å². The average molecular weight is 973 g/mol. The molecule has 1 unspecified atom stereocenters. The van der Waals surface area contributed by atoms with Gasteiger partial charge in [0.05, 0.1) is 33.9 Å². The molecule has 0 bridgehead atoms. The molecule has 1 atom stereocenters. The summed E-state index contributed by atoms with van der Waals surface area (Å²) >= 11 is 3.62. The number of rotatable bonds is 14. The van der Waals surface area contributed by atoms with Crippen LogP contribution in [0.25, 0.3) is 10.9 Å². The number of imide groups is 1. The molecular weight excluding hydrogens is 915 g/mol. The Balaban J connectivity index is 0.883. The van der Waals surface area contributed by atoms with Crippen molar-refractivity contribution in [3.05, 3.63) is 93.2 Å². The number of pyridine rings is 1.